The average molecular weight is 395 g/mol. The fraction of sp³-hybridized carbons (Fsp3) is 0.842. The van der Waals surface area contributed by atoms with Gasteiger partial charge in [0.2, 0.25) is 11.8 Å². The van der Waals surface area contributed by atoms with E-state index in [1.807, 2.05) is 0 Å². The molecule has 0 radical (unpaired) electrons. The fourth-order valence-corrected chi connectivity index (χ4v) is 2.75. The summed E-state index contributed by atoms with van der Waals surface area (Å²) >= 11 is 0. The van der Waals surface area contributed by atoms with Gasteiger partial charge < -0.3 is 21.0 Å². The predicted octanol–water partition coefficient (Wildman–Crippen LogP) is -0.808. The van der Waals surface area contributed by atoms with Crippen LogP contribution in [0.2, 0.25) is 0 Å². The van der Waals surface area contributed by atoms with E-state index in [2.05, 4.69) is 12.2 Å². The van der Waals surface area contributed by atoms with Crippen LogP contribution >= 0.6 is 0 Å². The van der Waals surface area contributed by atoms with Crippen LogP contribution in [-0.2, 0) is 14.4 Å². The van der Waals surface area contributed by atoms with Gasteiger partial charge in [0.1, 0.15) is 0 Å². The average Bonchev–Trinajstić information content (AvgIpc) is 2.56. The van der Waals surface area contributed by atoms with Gasteiger partial charge in [0, 0.05) is 12.8 Å². The second-order valence-electron chi connectivity index (χ2n) is 6.73. The van der Waals surface area contributed by atoms with Gasteiger partial charge in [-0.05, 0) is 12.8 Å². The molecule has 0 aromatic heterocycles. The molecule has 0 fully saturated rings. The van der Waals surface area contributed by atoms with Crippen LogP contribution in [0.1, 0.15) is 96.8 Å². The number of hydrogen-bond acceptors (Lipinski definition) is 4. The van der Waals surface area contributed by atoms with Gasteiger partial charge >= 0.3 is 51.4 Å². The van der Waals surface area contributed by atoms with E-state index in [-0.39, 0.29) is 70.1 Å². The molecular weight excluding hydrogens is 359 g/mol. The third-order valence-electron chi connectivity index (χ3n) is 4.31. The van der Waals surface area contributed by atoms with Crippen molar-refractivity contribution in [2.75, 3.05) is 0 Å². The third kappa shape index (κ3) is 18.8. The molecule has 0 aliphatic carbocycles. The minimum absolute atomic E-state index is 0. The maximum atomic E-state index is 11.7. The van der Waals surface area contributed by atoms with Crippen molar-refractivity contribution in [1.82, 2.24) is 5.32 Å². The van der Waals surface area contributed by atoms with Crippen LogP contribution < -0.4 is 67.5 Å². The van der Waals surface area contributed by atoms with Gasteiger partial charge in [-0.1, -0.05) is 71.1 Å². The Bertz CT molecular complexity index is 392. The van der Waals surface area contributed by atoms with Gasteiger partial charge in [-0.2, -0.15) is 0 Å². The number of carboxylic acid groups (broad SMARTS) is 1. The van der Waals surface area contributed by atoms with Gasteiger partial charge in [0.05, 0.1) is 12.0 Å². The normalized spacial score (nSPS) is 11.4. The Morgan fingerprint density at radius 2 is 1.31 bits per heavy atom. The Morgan fingerprint density at radius 1 is 0.846 bits per heavy atom. The summed E-state index contributed by atoms with van der Waals surface area (Å²) in [6, 6.07) is -1.15. The fourth-order valence-electron chi connectivity index (χ4n) is 2.75. The van der Waals surface area contributed by atoms with Gasteiger partial charge in [0.15, 0.2) is 0 Å². The standard InChI is InChI=1S/C19H36N2O4.K/c1-2-3-4-5-6-7-8-9-10-11-12-13-18(23)21-16(19(24)25)14-15-17(20)22;/h16H,2-15H2,1H3,(H2,20,22)(H,21,23)(H,24,25);/q;+1/p-1/t16-;/m0./s1. The number of primary amides is 1. The van der Waals surface area contributed by atoms with Crippen molar-refractivity contribution in [2.45, 2.75) is 103 Å². The number of nitrogens with one attached hydrogen (secondary N) is 1. The molecule has 0 aliphatic rings. The zero-order valence-electron chi connectivity index (χ0n) is 16.7. The first-order valence-corrected chi connectivity index (χ1v) is 9.75. The molecule has 0 saturated carbocycles. The largest absolute Gasteiger partial charge is 1.00 e. The van der Waals surface area contributed by atoms with Crippen molar-refractivity contribution in [3.8, 4) is 0 Å². The van der Waals surface area contributed by atoms with E-state index in [1.165, 1.54) is 51.4 Å². The van der Waals surface area contributed by atoms with Gasteiger partial charge in [-0.3, -0.25) is 9.59 Å². The van der Waals surface area contributed by atoms with Crippen molar-refractivity contribution in [2.24, 2.45) is 5.73 Å². The Labute approximate surface area is 200 Å². The van der Waals surface area contributed by atoms with Crippen LogP contribution in [0.4, 0.5) is 0 Å². The molecule has 0 heterocycles. The summed E-state index contributed by atoms with van der Waals surface area (Å²) in [5.74, 6) is -2.28. The summed E-state index contributed by atoms with van der Waals surface area (Å²) in [6.07, 6.45) is 13.4. The monoisotopic (exact) mass is 394 g/mol. The molecular formula is C19H35KN2O4. The number of amides is 2. The van der Waals surface area contributed by atoms with Crippen LogP contribution in [0.3, 0.4) is 0 Å². The van der Waals surface area contributed by atoms with Gasteiger partial charge in [-0.15, -0.1) is 0 Å². The van der Waals surface area contributed by atoms with E-state index < -0.39 is 17.9 Å². The Kier molecular flexibility index (Phi) is 21.5. The molecule has 0 bridgehead atoms. The quantitative estimate of drug-likeness (QED) is 0.248. The molecule has 0 saturated heterocycles. The van der Waals surface area contributed by atoms with Crippen molar-refractivity contribution in [1.29, 1.82) is 0 Å². The second-order valence-corrected chi connectivity index (χ2v) is 6.73. The van der Waals surface area contributed by atoms with Crippen molar-refractivity contribution < 1.29 is 70.9 Å². The summed E-state index contributed by atoms with van der Waals surface area (Å²) in [7, 11) is 0. The molecule has 2 amide bonds. The molecule has 6 nitrogen and oxygen atoms in total. The smallest absolute Gasteiger partial charge is 0.548 e. The number of carbonyl (C=O) groups excluding carboxylic acids is 3. The zero-order valence-corrected chi connectivity index (χ0v) is 19.8. The first-order valence-electron chi connectivity index (χ1n) is 9.75. The Hall–Kier alpha value is 0.0464. The van der Waals surface area contributed by atoms with Gasteiger partial charge in [-0.25, -0.2) is 0 Å². The van der Waals surface area contributed by atoms with Crippen LogP contribution in [0.25, 0.3) is 0 Å². The molecule has 1 atom stereocenters. The van der Waals surface area contributed by atoms with E-state index in [0.717, 1.165) is 19.3 Å². The molecule has 7 heteroatoms. The molecule has 0 aromatic carbocycles. The van der Waals surface area contributed by atoms with Crippen LogP contribution in [0, 0.1) is 0 Å². The van der Waals surface area contributed by atoms with E-state index >= 15 is 0 Å². The topological polar surface area (TPSA) is 112 Å². The number of carboxylic acids is 1. The van der Waals surface area contributed by atoms with E-state index in [0.29, 0.717) is 6.42 Å². The Balaban J connectivity index is 0. The number of nitrogens with two attached hydrogens (primary N) is 1. The number of rotatable bonds is 17. The number of unbranched alkanes of at least 4 members (excludes halogenated alkanes) is 10. The first kappa shape index (κ1) is 28.3. The van der Waals surface area contributed by atoms with Crippen molar-refractivity contribution >= 4 is 17.8 Å². The molecule has 0 unspecified atom stereocenters. The summed E-state index contributed by atoms with van der Waals surface area (Å²) in [4.78, 5) is 33.4. The molecule has 146 valence electrons. The summed E-state index contributed by atoms with van der Waals surface area (Å²) in [5.41, 5.74) is 4.99. The van der Waals surface area contributed by atoms with Crippen LogP contribution in [0.5, 0.6) is 0 Å². The van der Waals surface area contributed by atoms with E-state index in [1.54, 1.807) is 0 Å². The number of carbonyl (C=O) groups is 3. The number of aliphatic carboxylic acids is 1. The minimum atomic E-state index is -1.38. The first-order chi connectivity index (χ1) is 12.0. The van der Waals surface area contributed by atoms with Crippen LogP contribution in [-0.4, -0.2) is 23.8 Å². The van der Waals surface area contributed by atoms with Crippen molar-refractivity contribution in [3.63, 3.8) is 0 Å². The maximum absolute atomic E-state index is 11.7. The van der Waals surface area contributed by atoms with Crippen molar-refractivity contribution in [3.05, 3.63) is 0 Å². The summed E-state index contributed by atoms with van der Waals surface area (Å²) in [5, 5.41) is 13.3. The predicted molar refractivity (Wildman–Crippen MR) is 96.4 cm³/mol. The van der Waals surface area contributed by atoms with E-state index in [4.69, 9.17) is 5.73 Å². The SMILES string of the molecule is CCCCCCCCCCCCCC(=O)N[C@@H](CCC(N)=O)C(=O)[O-].[K+]. The van der Waals surface area contributed by atoms with E-state index in [9.17, 15) is 19.5 Å². The molecule has 0 rings (SSSR count). The summed E-state index contributed by atoms with van der Waals surface area (Å²) < 4.78 is 0. The Morgan fingerprint density at radius 3 is 1.73 bits per heavy atom. The maximum Gasteiger partial charge on any atom is 1.00 e. The third-order valence-corrected chi connectivity index (χ3v) is 4.31. The summed E-state index contributed by atoms with van der Waals surface area (Å²) in [6.45, 7) is 2.22. The van der Waals surface area contributed by atoms with Crippen LogP contribution in [0.15, 0.2) is 0 Å². The zero-order chi connectivity index (χ0) is 18.9. The molecule has 3 N–H and O–H groups in total. The molecule has 0 aliphatic heterocycles. The molecule has 0 spiro atoms. The van der Waals surface area contributed by atoms with Gasteiger partial charge in [0.25, 0.3) is 0 Å². The second kappa shape index (κ2) is 19.8. The number of hydrogen-bond donors (Lipinski definition) is 2. The minimum Gasteiger partial charge on any atom is -0.548 e. The molecule has 26 heavy (non-hydrogen) atoms. The molecule has 0 aromatic rings.